The van der Waals surface area contributed by atoms with E-state index in [4.69, 9.17) is 12.2 Å². The van der Waals surface area contributed by atoms with E-state index < -0.39 is 64.0 Å². The van der Waals surface area contributed by atoms with E-state index in [0.29, 0.717) is 25.8 Å². The SMILES string of the molecule is [2H]C([2H])(OC(=O)N[C@@H](CC(C)C)C(=O)N[C@@H](C[C@@H]1CCNC1=O)C(OC(=O)CCCCC)S(=O)(=O)[O-])c1ccccc1. The molecule has 13 heteroatoms. The molecule has 40 heavy (non-hydrogen) atoms. The number of alkyl carbamates (subject to hydrolysis) is 1. The van der Waals surface area contributed by atoms with Crippen LogP contribution in [0.4, 0.5) is 4.79 Å². The lowest BCUT2D eigenvalue weighted by Crippen LogP contribution is -2.55. The maximum atomic E-state index is 13.4. The van der Waals surface area contributed by atoms with Gasteiger partial charge in [-0.25, -0.2) is 13.2 Å². The minimum absolute atomic E-state index is 0.0253. The van der Waals surface area contributed by atoms with Gasteiger partial charge in [-0.2, -0.15) is 0 Å². The van der Waals surface area contributed by atoms with Gasteiger partial charge in [0.2, 0.25) is 17.3 Å². The van der Waals surface area contributed by atoms with Gasteiger partial charge in [-0.15, -0.1) is 0 Å². The number of carbonyl (C=O) groups is 4. The molecule has 4 atom stereocenters. The van der Waals surface area contributed by atoms with E-state index >= 15 is 0 Å². The highest BCUT2D eigenvalue weighted by Gasteiger charge is 2.38. The molecule has 1 aromatic carbocycles. The van der Waals surface area contributed by atoms with E-state index in [1.165, 1.54) is 12.1 Å². The van der Waals surface area contributed by atoms with Gasteiger partial charge in [0.15, 0.2) is 0 Å². The maximum absolute atomic E-state index is 13.4. The van der Waals surface area contributed by atoms with Gasteiger partial charge in [0.05, 0.1) is 8.78 Å². The molecule has 1 fully saturated rings. The number of benzene rings is 1. The Morgan fingerprint density at radius 3 is 2.45 bits per heavy atom. The Bertz CT molecular complexity index is 1180. The van der Waals surface area contributed by atoms with Gasteiger partial charge < -0.3 is 30.0 Å². The van der Waals surface area contributed by atoms with Gasteiger partial charge in [0.25, 0.3) is 0 Å². The van der Waals surface area contributed by atoms with Crippen molar-refractivity contribution in [2.24, 2.45) is 11.8 Å². The van der Waals surface area contributed by atoms with Gasteiger partial charge >= 0.3 is 12.1 Å². The van der Waals surface area contributed by atoms with Crippen molar-refractivity contribution >= 4 is 34.0 Å². The second-order valence-corrected chi connectivity index (χ2v) is 11.6. The first-order valence-corrected chi connectivity index (χ1v) is 14.9. The third-order valence-electron chi connectivity index (χ3n) is 6.23. The monoisotopic (exact) mass is 584 g/mol. The number of nitrogens with one attached hydrogen (secondary N) is 3. The number of carbonyl (C=O) groups excluding carboxylic acids is 4. The molecular weight excluding hydrogens is 542 g/mol. The highest BCUT2D eigenvalue weighted by atomic mass is 32.2. The number of rotatable bonds is 16. The Labute approximate surface area is 238 Å². The molecule has 0 aromatic heterocycles. The van der Waals surface area contributed by atoms with E-state index in [-0.39, 0.29) is 30.7 Å². The highest BCUT2D eigenvalue weighted by molar-refractivity contribution is 7.86. The van der Waals surface area contributed by atoms with Gasteiger partial charge in [-0.05, 0) is 37.2 Å². The molecule has 3 amide bonds. The predicted octanol–water partition coefficient (Wildman–Crippen LogP) is 2.33. The fourth-order valence-electron chi connectivity index (χ4n) is 4.23. The number of unbranched alkanes of at least 4 members (excludes halogenated alkanes) is 2. The first-order valence-electron chi connectivity index (χ1n) is 14.4. The first kappa shape index (κ1) is 29.8. The molecule has 2 rings (SSSR count). The van der Waals surface area contributed by atoms with Crippen molar-refractivity contribution in [3.63, 3.8) is 0 Å². The molecule has 1 aromatic rings. The summed E-state index contributed by atoms with van der Waals surface area (Å²) in [5, 5.41) is 7.31. The lowest BCUT2D eigenvalue weighted by Gasteiger charge is -2.32. The largest absolute Gasteiger partial charge is 0.745 e. The molecular formula is C27H40N3O9S-. The Balaban J connectivity index is 2.28. The zero-order chi connectivity index (χ0) is 31.5. The van der Waals surface area contributed by atoms with Gasteiger partial charge in [0, 0.05) is 18.9 Å². The van der Waals surface area contributed by atoms with E-state index in [0.717, 1.165) is 6.42 Å². The van der Waals surface area contributed by atoms with E-state index in [1.54, 1.807) is 32.0 Å². The summed E-state index contributed by atoms with van der Waals surface area (Å²) in [7, 11) is -5.32. The molecule has 1 heterocycles. The highest BCUT2D eigenvalue weighted by Crippen LogP contribution is 2.22. The van der Waals surface area contributed by atoms with Crippen LogP contribution in [-0.2, 0) is 40.5 Å². The number of ether oxygens (including phenoxy) is 2. The summed E-state index contributed by atoms with van der Waals surface area (Å²) in [6.45, 7) is 3.18. The van der Waals surface area contributed by atoms with Gasteiger partial charge in [-0.1, -0.05) is 63.9 Å². The van der Waals surface area contributed by atoms with Crippen molar-refractivity contribution < 1.29 is 44.4 Å². The summed E-state index contributed by atoms with van der Waals surface area (Å²) < 4.78 is 63.0. The molecule has 0 bridgehead atoms. The standard InChI is InChI=1S/C27H41N3O9S/c1-4-5-7-12-23(31)39-26(40(35,36)37)22(16-20-13-14-28-24(20)32)29-25(33)21(15-18(2)3)30-27(34)38-17-19-10-8-6-9-11-19/h6,8-11,18,20-22,26H,4-5,7,12-17H2,1-3H3,(H,28,32)(H,29,33)(H,30,34)(H,35,36,37)/p-1/t20-,21-,22-,26?/m0/s1/i17D2. The summed E-state index contributed by atoms with van der Waals surface area (Å²) in [4.78, 5) is 50.8. The first-order chi connectivity index (χ1) is 19.6. The Hall–Kier alpha value is -3.19. The Morgan fingerprint density at radius 1 is 1.18 bits per heavy atom. The summed E-state index contributed by atoms with van der Waals surface area (Å²) in [5.74, 6) is -3.22. The van der Waals surface area contributed by atoms with Crippen LogP contribution >= 0.6 is 0 Å². The zero-order valence-corrected chi connectivity index (χ0v) is 23.8. The molecule has 3 N–H and O–H groups in total. The van der Waals surface area contributed by atoms with E-state index in [2.05, 4.69) is 16.0 Å². The lowest BCUT2D eigenvalue weighted by molar-refractivity contribution is -0.148. The van der Waals surface area contributed by atoms with Crippen molar-refractivity contribution in [2.45, 2.75) is 89.8 Å². The minimum Gasteiger partial charge on any atom is -0.745 e. The number of hydrogen-bond donors (Lipinski definition) is 3. The van der Waals surface area contributed by atoms with Crippen molar-refractivity contribution in [2.75, 3.05) is 6.54 Å². The third-order valence-corrected chi connectivity index (χ3v) is 7.22. The van der Waals surface area contributed by atoms with Crippen LogP contribution in [0.1, 0.15) is 74.0 Å². The summed E-state index contributed by atoms with van der Waals surface area (Å²) in [5.41, 5.74) is -2.26. The number of amides is 3. The topological polar surface area (TPSA) is 180 Å². The van der Waals surface area contributed by atoms with Crippen molar-refractivity contribution in [3.8, 4) is 0 Å². The van der Waals surface area contributed by atoms with Crippen LogP contribution in [-0.4, -0.2) is 60.9 Å². The molecule has 0 aliphatic carbocycles. The fraction of sp³-hybridized carbons (Fsp3) is 0.630. The van der Waals surface area contributed by atoms with Gasteiger partial charge in [0.1, 0.15) is 22.7 Å². The summed E-state index contributed by atoms with van der Waals surface area (Å²) >= 11 is 0. The quantitative estimate of drug-likeness (QED) is 0.149. The van der Waals surface area contributed by atoms with E-state index in [9.17, 15) is 32.1 Å². The molecule has 224 valence electrons. The smallest absolute Gasteiger partial charge is 0.408 e. The molecule has 1 aliphatic heterocycles. The second kappa shape index (κ2) is 16.2. The average molecular weight is 585 g/mol. The van der Waals surface area contributed by atoms with Crippen LogP contribution in [0.3, 0.4) is 0 Å². The van der Waals surface area contributed by atoms with Crippen LogP contribution in [0, 0.1) is 11.8 Å². The summed E-state index contributed by atoms with van der Waals surface area (Å²) in [6.07, 6.45) is 0.471. The molecule has 1 unspecified atom stereocenters. The molecule has 1 saturated heterocycles. The lowest BCUT2D eigenvalue weighted by atomic mass is 9.97. The predicted molar refractivity (Wildman–Crippen MR) is 144 cm³/mol. The third kappa shape index (κ3) is 11.5. The number of hydrogen-bond acceptors (Lipinski definition) is 9. The average Bonchev–Trinajstić information content (AvgIpc) is 3.30. The summed E-state index contributed by atoms with van der Waals surface area (Å²) in [6, 6.07) is 4.67. The minimum atomic E-state index is -5.32. The number of esters is 1. The normalized spacial score (nSPS) is 18.5. The van der Waals surface area contributed by atoms with Crippen LogP contribution in [0.25, 0.3) is 0 Å². The maximum Gasteiger partial charge on any atom is 0.408 e. The molecule has 0 spiro atoms. The zero-order valence-electron chi connectivity index (χ0n) is 25.0. The van der Waals surface area contributed by atoms with Crippen LogP contribution in [0.2, 0.25) is 0 Å². The fourth-order valence-corrected chi connectivity index (χ4v) is 5.04. The van der Waals surface area contributed by atoms with Crippen LogP contribution in [0.15, 0.2) is 30.3 Å². The van der Waals surface area contributed by atoms with Crippen LogP contribution in [0.5, 0.6) is 0 Å². The Kier molecular flexibility index (Phi) is 12.0. The van der Waals surface area contributed by atoms with Crippen molar-refractivity contribution in [1.82, 2.24) is 16.0 Å². The van der Waals surface area contributed by atoms with Gasteiger partial charge in [-0.3, -0.25) is 14.4 Å². The van der Waals surface area contributed by atoms with E-state index in [1.807, 2.05) is 6.92 Å². The second-order valence-electron chi connectivity index (χ2n) is 10.1. The molecule has 1 aliphatic rings. The molecule has 0 saturated carbocycles. The van der Waals surface area contributed by atoms with Crippen molar-refractivity contribution in [1.29, 1.82) is 0 Å². The molecule has 0 radical (unpaired) electrons. The molecule has 12 nitrogen and oxygen atoms in total. The Morgan fingerprint density at radius 2 is 1.88 bits per heavy atom. The van der Waals surface area contributed by atoms with Crippen molar-refractivity contribution in [3.05, 3.63) is 35.9 Å². The van der Waals surface area contributed by atoms with Crippen LogP contribution < -0.4 is 16.0 Å².